The molecule has 0 spiro atoms. The first-order chi connectivity index (χ1) is 8.81. The van der Waals surface area contributed by atoms with E-state index in [-0.39, 0.29) is 0 Å². The lowest BCUT2D eigenvalue weighted by Crippen LogP contribution is -2.19. The van der Waals surface area contributed by atoms with Crippen LogP contribution in [0.25, 0.3) is 11.5 Å². The lowest BCUT2D eigenvalue weighted by Gasteiger charge is -1.98. The number of nitrogens with one attached hydrogen (secondary N) is 1. The van der Waals surface area contributed by atoms with Gasteiger partial charge >= 0.3 is 0 Å². The molecule has 2 aromatic heterocycles. The van der Waals surface area contributed by atoms with Crippen molar-refractivity contribution in [2.45, 2.75) is 32.2 Å². The van der Waals surface area contributed by atoms with E-state index in [9.17, 15) is 0 Å². The van der Waals surface area contributed by atoms with Gasteiger partial charge in [0.15, 0.2) is 0 Å². The van der Waals surface area contributed by atoms with Crippen molar-refractivity contribution in [2.75, 3.05) is 6.54 Å². The summed E-state index contributed by atoms with van der Waals surface area (Å²) in [4.78, 5) is 4.12. The van der Waals surface area contributed by atoms with Crippen molar-refractivity contribution in [3.05, 3.63) is 29.9 Å². The smallest absolute Gasteiger partial charge is 0.249 e. The Kier molecular flexibility index (Phi) is 3.06. The minimum atomic E-state index is 0.549. The van der Waals surface area contributed by atoms with Crippen molar-refractivity contribution in [1.82, 2.24) is 20.5 Å². The Labute approximate surface area is 106 Å². The zero-order chi connectivity index (χ0) is 12.4. The Morgan fingerprint density at radius 3 is 3.00 bits per heavy atom. The summed E-state index contributed by atoms with van der Waals surface area (Å²) in [5, 5.41) is 11.5. The van der Waals surface area contributed by atoms with Crippen LogP contribution in [-0.4, -0.2) is 27.8 Å². The molecule has 0 aromatic carbocycles. The summed E-state index contributed by atoms with van der Waals surface area (Å²) in [6.45, 7) is 2.89. The van der Waals surface area contributed by atoms with Crippen LogP contribution in [0.1, 0.15) is 24.3 Å². The summed E-state index contributed by atoms with van der Waals surface area (Å²) in [6, 6.07) is 2.71. The minimum Gasteiger partial charge on any atom is -0.421 e. The van der Waals surface area contributed by atoms with E-state index in [1.54, 1.807) is 12.4 Å². The van der Waals surface area contributed by atoms with E-state index in [0.29, 0.717) is 17.8 Å². The molecule has 1 fully saturated rings. The normalized spacial score (nSPS) is 14.9. The van der Waals surface area contributed by atoms with Crippen LogP contribution in [0.4, 0.5) is 0 Å². The van der Waals surface area contributed by atoms with Crippen LogP contribution < -0.4 is 5.32 Å². The Morgan fingerprint density at radius 1 is 1.33 bits per heavy atom. The quantitative estimate of drug-likeness (QED) is 0.867. The summed E-state index contributed by atoms with van der Waals surface area (Å²) in [5.41, 5.74) is 1.96. The lowest BCUT2D eigenvalue weighted by molar-refractivity contribution is 0.494. The maximum absolute atomic E-state index is 5.62. The second kappa shape index (κ2) is 4.86. The van der Waals surface area contributed by atoms with Crippen LogP contribution in [0.3, 0.4) is 0 Å². The highest BCUT2D eigenvalue weighted by Crippen LogP contribution is 2.19. The van der Waals surface area contributed by atoms with Gasteiger partial charge in [0.25, 0.3) is 0 Å². The zero-order valence-corrected chi connectivity index (χ0v) is 10.4. The minimum absolute atomic E-state index is 0.549. The van der Waals surface area contributed by atoms with Crippen molar-refractivity contribution >= 4 is 0 Å². The van der Waals surface area contributed by atoms with Gasteiger partial charge in [0, 0.05) is 31.4 Å². The van der Waals surface area contributed by atoms with E-state index in [0.717, 1.165) is 24.1 Å². The third-order valence-electron chi connectivity index (χ3n) is 2.94. The number of hydrogen-bond acceptors (Lipinski definition) is 5. The number of pyridine rings is 1. The van der Waals surface area contributed by atoms with Gasteiger partial charge < -0.3 is 9.73 Å². The molecule has 1 aliphatic rings. The van der Waals surface area contributed by atoms with Gasteiger partial charge in [0.1, 0.15) is 0 Å². The Bertz CT molecular complexity index is 533. The van der Waals surface area contributed by atoms with E-state index < -0.39 is 0 Å². The Hall–Kier alpha value is -1.75. The molecule has 3 rings (SSSR count). The molecule has 1 aliphatic carbocycles. The molecule has 0 saturated heterocycles. The first-order valence-electron chi connectivity index (χ1n) is 6.29. The van der Waals surface area contributed by atoms with Crippen LogP contribution in [0.15, 0.2) is 22.9 Å². The predicted octanol–water partition coefficient (Wildman–Crippen LogP) is 1.73. The second-order valence-corrected chi connectivity index (χ2v) is 4.73. The first-order valence-corrected chi connectivity index (χ1v) is 6.29. The number of rotatable bonds is 5. The summed E-state index contributed by atoms with van der Waals surface area (Å²) in [7, 11) is 0. The van der Waals surface area contributed by atoms with Crippen molar-refractivity contribution in [2.24, 2.45) is 0 Å². The largest absolute Gasteiger partial charge is 0.421 e. The number of hydrogen-bond donors (Lipinski definition) is 1. The molecule has 5 heteroatoms. The molecule has 0 unspecified atom stereocenters. The molecular formula is C13H16N4O. The van der Waals surface area contributed by atoms with E-state index in [4.69, 9.17) is 4.42 Å². The van der Waals surface area contributed by atoms with Crippen LogP contribution in [0, 0.1) is 6.92 Å². The van der Waals surface area contributed by atoms with E-state index in [1.165, 1.54) is 12.8 Å². The topological polar surface area (TPSA) is 63.8 Å². The highest BCUT2D eigenvalue weighted by Gasteiger charge is 2.20. The predicted molar refractivity (Wildman–Crippen MR) is 67.0 cm³/mol. The van der Waals surface area contributed by atoms with Crippen LogP contribution >= 0.6 is 0 Å². The molecule has 1 N–H and O–H groups in total. The average Bonchev–Trinajstić information content (AvgIpc) is 3.06. The molecule has 0 atom stereocenters. The molecule has 1 saturated carbocycles. The molecule has 2 aromatic rings. The van der Waals surface area contributed by atoms with Crippen molar-refractivity contribution in [1.29, 1.82) is 0 Å². The van der Waals surface area contributed by atoms with Crippen LogP contribution in [0.5, 0.6) is 0 Å². The van der Waals surface area contributed by atoms with Crippen molar-refractivity contribution in [3.63, 3.8) is 0 Å². The molecule has 5 nitrogen and oxygen atoms in total. The first kappa shape index (κ1) is 11.3. The van der Waals surface area contributed by atoms with Gasteiger partial charge in [-0.3, -0.25) is 4.98 Å². The third kappa shape index (κ3) is 2.73. The summed E-state index contributed by atoms with van der Waals surface area (Å²) >= 11 is 0. The maximum Gasteiger partial charge on any atom is 0.249 e. The van der Waals surface area contributed by atoms with Gasteiger partial charge in [-0.15, -0.1) is 10.2 Å². The molecular weight excluding hydrogens is 228 g/mol. The summed E-state index contributed by atoms with van der Waals surface area (Å²) in [5.74, 6) is 1.23. The van der Waals surface area contributed by atoms with Crippen molar-refractivity contribution < 1.29 is 4.42 Å². The molecule has 0 radical (unpaired) electrons. The standard InChI is InChI=1S/C13H16N4O/c1-9-6-10(8-14-7-9)13-17-16-12(18-13)4-5-15-11-2-3-11/h6-8,11,15H,2-5H2,1H3. The van der Waals surface area contributed by atoms with Gasteiger partial charge in [0.2, 0.25) is 11.8 Å². The van der Waals surface area contributed by atoms with E-state index >= 15 is 0 Å². The fraction of sp³-hybridized carbons (Fsp3) is 0.462. The van der Waals surface area contributed by atoms with Crippen LogP contribution in [0.2, 0.25) is 0 Å². The molecule has 94 valence electrons. The highest BCUT2D eigenvalue weighted by atomic mass is 16.4. The molecule has 0 amide bonds. The summed E-state index contributed by atoms with van der Waals surface area (Å²) in [6.07, 6.45) is 6.92. The molecule has 0 aliphatic heterocycles. The van der Waals surface area contributed by atoms with Gasteiger partial charge in [-0.2, -0.15) is 0 Å². The second-order valence-electron chi connectivity index (χ2n) is 4.73. The van der Waals surface area contributed by atoms with Gasteiger partial charge in [0.05, 0.1) is 5.56 Å². The lowest BCUT2D eigenvalue weighted by atomic mass is 10.2. The zero-order valence-electron chi connectivity index (χ0n) is 10.4. The van der Waals surface area contributed by atoms with Crippen LogP contribution in [-0.2, 0) is 6.42 Å². The third-order valence-corrected chi connectivity index (χ3v) is 2.94. The van der Waals surface area contributed by atoms with Gasteiger partial charge in [-0.25, -0.2) is 0 Å². The fourth-order valence-electron chi connectivity index (χ4n) is 1.81. The average molecular weight is 244 g/mol. The molecule has 2 heterocycles. The van der Waals surface area contributed by atoms with E-state index in [1.807, 2.05) is 13.0 Å². The Morgan fingerprint density at radius 2 is 2.22 bits per heavy atom. The monoisotopic (exact) mass is 244 g/mol. The highest BCUT2D eigenvalue weighted by molar-refractivity contribution is 5.51. The number of nitrogens with zero attached hydrogens (tertiary/aromatic N) is 3. The van der Waals surface area contributed by atoms with E-state index in [2.05, 4.69) is 20.5 Å². The van der Waals surface area contributed by atoms with Gasteiger partial charge in [-0.05, 0) is 31.4 Å². The van der Waals surface area contributed by atoms with Crippen molar-refractivity contribution in [3.8, 4) is 11.5 Å². The fourth-order valence-corrected chi connectivity index (χ4v) is 1.81. The molecule has 0 bridgehead atoms. The molecule has 18 heavy (non-hydrogen) atoms. The number of aromatic nitrogens is 3. The summed E-state index contributed by atoms with van der Waals surface area (Å²) < 4.78 is 5.62. The number of aryl methyl sites for hydroxylation is 1. The SMILES string of the molecule is Cc1cncc(-c2nnc(CCNC3CC3)o2)c1. The Balaban J connectivity index is 1.64. The maximum atomic E-state index is 5.62. The van der Waals surface area contributed by atoms with Gasteiger partial charge in [-0.1, -0.05) is 0 Å².